The molecule has 0 aliphatic carbocycles. The molecule has 8 nitrogen and oxygen atoms in total. The van der Waals surface area contributed by atoms with Gasteiger partial charge in [0.2, 0.25) is 0 Å². The first kappa shape index (κ1) is 48.8. The molecule has 0 saturated heterocycles. The minimum absolute atomic E-state index is 0.0495. The van der Waals surface area contributed by atoms with E-state index in [1.165, 1.54) is 109 Å². The van der Waals surface area contributed by atoms with Gasteiger partial charge in [0, 0.05) is 19.3 Å². The first-order chi connectivity index (χ1) is 24.6. The fraction of sp³-hybridized carbons (Fsp3) is 0.837. The first-order valence-electron chi connectivity index (χ1n) is 20.9. The van der Waals surface area contributed by atoms with Crippen LogP contribution in [0.1, 0.15) is 181 Å². The fourth-order valence-electron chi connectivity index (χ4n) is 6.08. The van der Waals surface area contributed by atoms with E-state index in [2.05, 4.69) is 38.2 Å². The molecule has 1 N–H and O–H groups in total. The monoisotopic (exact) mass is 723 g/mol. The highest BCUT2D eigenvalue weighted by molar-refractivity contribution is 5.72. The Morgan fingerprint density at radius 2 is 1.02 bits per heavy atom. The molecule has 2 atom stereocenters. The van der Waals surface area contributed by atoms with Gasteiger partial charge < -0.3 is 23.8 Å². The number of aliphatic carboxylic acids is 1. The third kappa shape index (κ3) is 33.4. The number of nitrogens with zero attached hydrogens (tertiary/aromatic N) is 1. The molecule has 0 rings (SSSR count). The van der Waals surface area contributed by atoms with Gasteiger partial charge in [-0.25, -0.2) is 4.79 Å². The van der Waals surface area contributed by atoms with Crippen molar-refractivity contribution in [3.05, 3.63) is 24.3 Å². The van der Waals surface area contributed by atoms with Gasteiger partial charge in [0.1, 0.15) is 6.61 Å². The highest BCUT2D eigenvalue weighted by Crippen LogP contribution is 2.14. The summed E-state index contributed by atoms with van der Waals surface area (Å²) in [6.07, 6.45) is 36.6. The average molecular weight is 723 g/mol. The van der Waals surface area contributed by atoms with Crippen molar-refractivity contribution in [1.82, 2.24) is 0 Å². The van der Waals surface area contributed by atoms with Crippen LogP contribution in [0.2, 0.25) is 0 Å². The van der Waals surface area contributed by atoms with Gasteiger partial charge >= 0.3 is 17.9 Å². The summed E-state index contributed by atoms with van der Waals surface area (Å²) >= 11 is 0. The SMILES string of the molecule is CCCCCC/C=C/C=C/CCCCCCCCCCCCC(=O)OC(COCCC(C(=O)O)[N+](C)(C)C)COC(=O)CCCCCCCCC. The minimum atomic E-state index is -0.876. The van der Waals surface area contributed by atoms with Gasteiger partial charge in [0.15, 0.2) is 12.1 Å². The molecule has 0 aromatic heterocycles. The number of carboxylic acid groups (broad SMARTS) is 1. The van der Waals surface area contributed by atoms with E-state index in [0.29, 0.717) is 19.3 Å². The van der Waals surface area contributed by atoms with E-state index in [0.717, 1.165) is 38.5 Å². The van der Waals surface area contributed by atoms with Crippen molar-refractivity contribution in [2.45, 2.75) is 193 Å². The summed E-state index contributed by atoms with van der Waals surface area (Å²) in [5.74, 6) is -1.47. The van der Waals surface area contributed by atoms with Crippen LogP contribution in [0, 0.1) is 0 Å². The van der Waals surface area contributed by atoms with Crippen molar-refractivity contribution < 1.29 is 38.2 Å². The van der Waals surface area contributed by atoms with Crippen LogP contribution in [-0.2, 0) is 28.6 Å². The van der Waals surface area contributed by atoms with E-state index in [4.69, 9.17) is 14.2 Å². The summed E-state index contributed by atoms with van der Waals surface area (Å²) in [6, 6.07) is -0.610. The molecule has 2 unspecified atom stereocenters. The molecule has 0 aliphatic heterocycles. The Hall–Kier alpha value is -2.19. The Labute approximate surface area is 313 Å². The summed E-state index contributed by atoms with van der Waals surface area (Å²) in [7, 11) is 5.52. The maximum atomic E-state index is 12.7. The zero-order valence-corrected chi connectivity index (χ0v) is 33.8. The lowest BCUT2D eigenvalue weighted by atomic mass is 10.1. The van der Waals surface area contributed by atoms with Crippen LogP contribution >= 0.6 is 0 Å². The number of hydrogen-bond donors (Lipinski definition) is 1. The van der Waals surface area contributed by atoms with Crippen LogP contribution in [0.5, 0.6) is 0 Å². The molecule has 0 aromatic rings. The molecule has 0 heterocycles. The Morgan fingerprint density at radius 1 is 0.588 bits per heavy atom. The van der Waals surface area contributed by atoms with Crippen molar-refractivity contribution in [3.8, 4) is 0 Å². The van der Waals surface area contributed by atoms with Crippen molar-refractivity contribution in [2.75, 3.05) is 41.0 Å². The lowest BCUT2D eigenvalue weighted by molar-refractivity contribution is -0.887. The fourth-order valence-corrected chi connectivity index (χ4v) is 6.08. The van der Waals surface area contributed by atoms with Crippen LogP contribution in [-0.4, -0.2) is 80.6 Å². The topological polar surface area (TPSA) is 99.1 Å². The normalized spacial score (nSPS) is 13.2. The van der Waals surface area contributed by atoms with Crippen molar-refractivity contribution >= 4 is 17.9 Å². The Balaban J connectivity index is 4.23. The number of hydrogen-bond acceptors (Lipinski definition) is 6. The molecule has 0 bridgehead atoms. The standard InChI is InChI=1S/C43H79NO7/c1-6-8-10-12-14-15-16-17-18-19-20-21-22-23-24-25-26-28-30-32-34-42(46)51-39(37-49-36-35-40(43(47)48)44(3,4)5)38-50-41(45)33-31-29-27-13-11-9-7-2/h15-18,39-40H,6-14,19-38H2,1-5H3/p+1/b16-15+,18-17+. The number of rotatable bonds is 37. The molecule has 0 saturated carbocycles. The number of allylic oxidation sites excluding steroid dienone is 4. The third-order valence-corrected chi connectivity index (χ3v) is 9.38. The predicted molar refractivity (Wildman–Crippen MR) is 211 cm³/mol. The summed E-state index contributed by atoms with van der Waals surface area (Å²) in [6.45, 7) is 4.67. The Bertz CT molecular complexity index is 895. The number of carboxylic acids is 1. The number of likely N-dealkylation sites (N-methyl/N-ethyl adjacent to an activating group) is 1. The minimum Gasteiger partial charge on any atom is -0.477 e. The van der Waals surface area contributed by atoms with Gasteiger partial charge in [-0.15, -0.1) is 0 Å². The quantitative estimate of drug-likeness (QED) is 0.0295. The molecule has 0 aliphatic rings. The maximum absolute atomic E-state index is 12.7. The van der Waals surface area contributed by atoms with Crippen LogP contribution in [0.25, 0.3) is 0 Å². The van der Waals surface area contributed by atoms with Crippen molar-refractivity contribution in [3.63, 3.8) is 0 Å². The van der Waals surface area contributed by atoms with Gasteiger partial charge in [0.25, 0.3) is 0 Å². The van der Waals surface area contributed by atoms with E-state index in [1.54, 1.807) is 0 Å². The van der Waals surface area contributed by atoms with E-state index >= 15 is 0 Å². The van der Waals surface area contributed by atoms with E-state index in [-0.39, 0.29) is 36.2 Å². The molecule has 0 radical (unpaired) electrons. The molecule has 51 heavy (non-hydrogen) atoms. The average Bonchev–Trinajstić information content (AvgIpc) is 3.08. The smallest absolute Gasteiger partial charge is 0.362 e. The Kier molecular flexibility index (Phi) is 33.4. The zero-order valence-electron chi connectivity index (χ0n) is 33.8. The van der Waals surface area contributed by atoms with Gasteiger partial charge in [-0.2, -0.15) is 0 Å². The highest BCUT2D eigenvalue weighted by atomic mass is 16.6. The molecule has 0 amide bonds. The number of carbonyl (C=O) groups excluding carboxylic acids is 2. The number of esters is 2. The number of quaternary nitrogens is 1. The molecule has 0 aromatic carbocycles. The van der Waals surface area contributed by atoms with Gasteiger partial charge in [-0.05, 0) is 38.5 Å². The molecule has 0 spiro atoms. The van der Waals surface area contributed by atoms with Gasteiger partial charge in [0.05, 0.1) is 34.4 Å². The van der Waals surface area contributed by atoms with Crippen molar-refractivity contribution in [1.29, 1.82) is 0 Å². The van der Waals surface area contributed by atoms with Crippen LogP contribution in [0.3, 0.4) is 0 Å². The third-order valence-electron chi connectivity index (χ3n) is 9.38. The summed E-state index contributed by atoms with van der Waals surface area (Å²) in [4.78, 5) is 36.7. The zero-order chi connectivity index (χ0) is 37.8. The molecule has 0 fully saturated rings. The first-order valence-corrected chi connectivity index (χ1v) is 20.9. The van der Waals surface area contributed by atoms with Gasteiger partial charge in [-0.1, -0.05) is 147 Å². The highest BCUT2D eigenvalue weighted by Gasteiger charge is 2.31. The number of unbranched alkanes of at least 4 members (excludes halogenated alkanes) is 20. The predicted octanol–water partition coefficient (Wildman–Crippen LogP) is 10.9. The van der Waals surface area contributed by atoms with Crippen LogP contribution in [0.4, 0.5) is 0 Å². The second-order valence-electron chi connectivity index (χ2n) is 15.3. The molecule has 298 valence electrons. The second-order valence-corrected chi connectivity index (χ2v) is 15.3. The molecule has 8 heteroatoms. The number of ether oxygens (including phenoxy) is 3. The van der Waals surface area contributed by atoms with E-state index < -0.39 is 18.1 Å². The summed E-state index contributed by atoms with van der Waals surface area (Å²) in [5.41, 5.74) is 0. The van der Waals surface area contributed by atoms with Crippen molar-refractivity contribution in [2.24, 2.45) is 0 Å². The van der Waals surface area contributed by atoms with Crippen LogP contribution in [0.15, 0.2) is 24.3 Å². The summed E-state index contributed by atoms with van der Waals surface area (Å²) in [5, 5.41) is 9.58. The van der Waals surface area contributed by atoms with Gasteiger partial charge in [-0.3, -0.25) is 9.59 Å². The van der Waals surface area contributed by atoms with E-state index in [9.17, 15) is 19.5 Å². The summed E-state index contributed by atoms with van der Waals surface area (Å²) < 4.78 is 17.2. The lowest BCUT2D eigenvalue weighted by Crippen LogP contribution is -2.50. The number of carbonyl (C=O) groups is 3. The largest absolute Gasteiger partial charge is 0.477 e. The molecular formula is C43H80NO7+. The van der Waals surface area contributed by atoms with E-state index in [1.807, 2.05) is 21.1 Å². The lowest BCUT2D eigenvalue weighted by Gasteiger charge is -2.31. The molecular weight excluding hydrogens is 642 g/mol. The van der Waals surface area contributed by atoms with Crippen LogP contribution < -0.4 is 0 Å². The maximum Gasteiger partial charge on any atom is 0.362 e. The second kappa shape index (κ2) is 34.9. The Morgan fingerprint density at radius 3 is 1.49 bits per heavy atom.